The summed E-state index contributed by atoms with van der Waals surface area (Å²) in [5.41, 5.74) is 7.40. The first-order valence-electron chi connectivity index (χ1n) is 5.90. The molecule has 1 aliphatic rings. The van der Waals surface area contributed by atoms with Gasteiger partial charge in [0.1, 0.15) is 0 Å². The molecule has 3 unspecified atom stereocenters. The van der Waals surface area contributed by atoms with Gasteiger partial charge in [0.15, 0.2) is 0 Å². The van der Waals surface area contributed by atoms with E-state index in [1.165, 1.54) is 0 Å². The van der Waals surface area contributed by atoms with E-state index in [-0.39, 0.29) is 12.1 Å². The number of carbonyl (C=O) groups is 1. The Bertz CT molecular complexity index is 402. The molecule has 0 bridgehead atoms. The van der Waals surface area contributed by atoms with Gasteiger partial charge in [0, 0.05) is 18.6 Å². The lowest BCUT2D eigenvalue weighted by molar-refractivity contribution is 0.0697. The number of carboxylic acid groups (broad SMARTS) is 1. The van der Waals surface area contributed by atoms with E-state index in [1.54, 1.807) is 12.1 Å². The van der Waals surface area contributed by atoms with Crippen molar-refractivity contribution in [3.63, 3.8) is 0 Å². The number of hydrogen-bond donors (Lipinski definition) is 3. The lowest BCUT2D eigenvalue weighted by atomic mass is 9.87. The fraction of sp³-hybridized carbons (Fsp3) is 0.462. The summed E-state index contributed by atoms with van der Waals surface area (Å²) in [5, 5.41) is 12.2. The molecule has 4 heteroatoms. The summed E-state index contributed by atoms with van der Waals surface area (Å²) < 4.78 is 0. The number of aromatic carboxylic acids is 1. The highest BCUT2D eigenvalue weighted by Gasteiger charge is 2.25. The molecule has 1 fully saturated rings. The van der Waals surface area contributed by atoms with Crippen molar-refractivity contribution in [2.24, 2.45) is 11.7 Å². The molecule has 4 nitrogen and oxygen atoms in total. The Kier molecular flexibility index (Phi) is 3.45. The molecule has 1 aromatic carbocycles. The molecule has 3 atom stereocenters. The summed E-state index contributed by atoms with van der Waals surface area (Å²) in [6, 6.07) is 7.56. The number of nitrogens with two attached hydrogens (primary N) is 1. The Morgan fingerprint density at radius 3 is 2.59 bits per heavy atom. The average Bonchev–Trinajstić information content (AvgIpc) is 2.33. The highest BCUT2D eigenvalue weighted by molar-refractivity contribution is 5.87. The topological polar surface area (TPSA) is 75.3 Å². The van der Waals surface area contributed by atoms with Crippen molar-refractivity contribution in [3.8, 4) is 0 Å². The van der Waals surface area contributed by atoms with E-state index in [2.05, 4.69) is 12.2 Å². The Balaban J connectivity index is 2.10. The van der Waals surface area contributed by atoms with Crippen LogP contribution in [0.5, 0.6) is 0 Å². The number of piperidine rings is 1. The van der Waals surface area contributed by atoms with E-state index >= 15 is 0 Å². The average molecular weight is 234 g/mol. The van der Waals surface area contributed by atoms with Crippen molar-refractivity contribution in [3.05, 3.63) is 35.4 Å². The van der Waals surface area contributed by atoms with Crippen LogP contribution in [0.2, 0.25) is 0 Å². The standard InChI is InChI=1S/C13H18N2O2/c1-8-6-12(15-7-11(8)14)9-2-4-10(5-3-9)13(16)17/h2-5,8,11-12,15H,6-7,14H2,1H3,(H,16,17). The van der Waals surface area contributed by atoms with Gasteiger partial charge in [0.25, 0.3) is 0 Å². The zero-order valence-electron chi connectivity index (χ0n) is 9.89. The fourth-order valence-corrected chi connectivity index (χ4v) is 2.22. The van der Waals surface area contributed by atoms with Gasteiger partial charge in [-0.2, -0.15) is 0 Å². The summed E-state index contributed by atoms with van der Waals surface area (Å²) in [6.07, 6.45) is 0.994. The van der Waals surface area contributed by atoms with Crippen molar-refractivity contribution in [1.29, 1.82) is 0 Å². The van der Waals surface area contributed by atoms with Crippen LogP contribution < -0.4 is 11.1 Å². The first kappa shape index (κ1) is 12.1. The SMILES string of the molecule is CC1CC(c2ccc(C(=O)O)cc2)NCC1N. The molecule has 0 aromatic heterocycles. The maximum Gasteiger partial charge on any atom is 0.335 e. The molecule has 0 amide bonds. The van der Waals surface area contributed by atoms with E-state index < -0.39 is 5.97 Å². The fourth-order valence-electron chi connectivity index (χ4n) is 2.22. The minimum absolute atomic E-state index is 0.213. The summed E-state index contributed by atoms with van der Waals surface area (Å²) >= 11 is 0. The van der Waals surface area contributed by atoms with Crippen LogP contribution in [0.1, 0.15) is 35.3 Å². The molecule has 92 valence electrons. The smallest absolute Gasteiger partial charge is 0.335 e. The largest absolute Gasteiger partial charge is 0.478 e. The van der Waals surface area contributed by atoms with Gasteiger partial charge < -0.3 is 16.2 Å². The first-order valence-corrected chi connectivity index (χ1v) is 5.90. The maximum absolute atomic E-state index is 10.8. The molecule has 0 spiro atoms. The van der Waals surface area contributed by atoms with Crippen LogP contribution in [-0.2, 0) is 0 Å². The molecule has 1 heterocycles. The molecule has 17 heavy (non-hydrogen) atoms. The number of rotatable bonds is 2. The van der Waals surface area contributed by atoms with Gasteiger partial charge in [-0.1, -0.05) is 19.1 Å². The molecule has 4 N–H and O–H groups in total. The van der Waals surface area contributed by atoms with Crippen LogP contribution in [0.3, 0.4) is 0 Å². The predicted molar refractivity (Wildman–Crippen MR) is 65.9 cm³/mol. The lowest BCUT2D eigenvalue weighted by Crippen LogP contribution is -2.46. The van der Waals surface area contributed by atoms with Crippen LogP contribution in [0.15, 0.2) is 24.3 Å². The minimum Gasteiger partial charge on any atom is -0.478 e. The third kappa shape index (κ3) is 2.65. The quantitative estimate of drug-likeness (QED) is 0.722. The number of nitrogens with one attached hydrogen (secondary N) is 1. The van der Waals surface area contributed by atoms with Crippen LogP contribution in [-0.4, -0.2) is 23.7 Å². The van der Waals surface area contributed by atoms with Gasteiger partial charge in [-0.3, -0.25) is 0 Å². The normalized spacial score (nSPS) is 28.9. The Hall–Kier alpha value is -1.39. The van der Waals surface area contributed by atoms with Crippen LogP contribution in [0, 0.1) is 5.92 Å². The summed E-state index contributed by atoms with van der Waals surface area (Å²) in [4.78, 5) is 10.8. The van der Waals surface area contributed by atoms with E-state index in [0.717, 1.165) is 18.5 Å². The Morgan fingerprint density at radius 2 is 2.06 bits per heavy atom. The van der Waals surface area contributed by atoms with Crippen molar-refractivity contribution in [2.75, 3.05) is 6.54 Å². The Labute approximate surface area is 101 Å². The molecule has 0 aliphatic carbocycles. The van der Waals surface area contributed by atoms with Crippen molar-refractivity contribution >= 4 is 5.97 Å². The maximum atomic E-state index is 10.8. The molecule has 0 saturated carbocycles. The number of hydrogen-bond acceptors (Lipinski definition) is 3. The second-order valence-electron chi connectivity index (χ2n) is 4.76. The van der Waals surface area contributed by atoms with Gasteiger partial charge in [0.2, 0.25) is 0 Å². The highest BCUT2D eigenvalue weighted by atomic mass is 16.4. The van der Waals surface area contributed by atoms with Crippen LogP contribution in [0.25, 0.3) is 0 Å². The van der Waals surface area contributed by atoms with Crippen LogP contribution in [0.4, 0.5) is 0 Å². The number of benzene rings is 1. The van der Waals surface area contributed by atoms with E-state index in [4.69, 9.17) is 10.8 Å². The predicted octanol–water partition coefficient (Wildman–Crippen LogP) is 1.38. The molecule has 0 radical (unpaired) electrons. The van der Waals surface area contributed by atoms with E-state index in [1.807, 2.05) is 12.1 Å². The molecule has 1 aromatic rings. The third-order valence-corrected chi connectivity index (χ3v) is 3.50. The van der Waals surface area contributed by atoms with Gasteiger partial charge in [-0.05, 0) is 30.0 Å². The summed E-state index contributed by atoms with van der Waals surface area (Å²) in [5.74, 6) is -0.399. The van der Waals surface area contributed by atoms with Gasteiger partial charge in [-0.15, -0.1) is 0 Å². The minimum atomic E-state index is -0.886. The molecule has 2 rings (SSSR count). The van der Waals surface area contributed by atoms with Crippen molar-refractivity contribution in [2.45, 2.75) is 25.4 Å². The van der Waals surface area contributed by atoms with Gasteiger partial charge in [-0.25, -0.2) is 4.79 Å². The zero-order chi connectivity index (χ0) is 12.4. The zero-order valence-corrected chi connectivity index (χ0v) is 9.89. The van der Waals surface area contributed by atoms with Crippen LogP contribution >= 0.6 is 0 Å². The van der Waals surface area contributed by atoms with Crippen molar-refractivity contribution < 1.29 is 9.90 Å². The lowest BCUT2D eigenvalue weighted by Gasteiger charge is -2.33. The van der Waals surface area contributed by atoms with Crippen molar-refractivity contribution in [1.82, 2.24) is 5.32 Å². The molecular weight excluding hydrogens is 216 g/mol. The Morgan fingerprint density at radius 1 is 1.41 bits per heavy atom. The van der Waals surface area contributed by atoms with Gasteiger partial charge >= 0.3 is 5.97 Å². The second kappa shape index (κ2) is 4.85. The first-order chi connectivity index (χ1) is 8.08. The van der Waals surface area contributed by atoms with Gasteiger partial charge in [0.05, 0.1) is 5.56 Å². The summed E-state index contributed by atoms with van der Waals surface area (Å²) in [6.45, 7) is 2.97. The molecule has 1 aliphatic heterocycles. The molecular formula is C13H18N2O2. The molecule has 1 saturated heterocycles. The summed E-state index contributed by atoms with van der Waals surface area (Å²) in [7, 11) is 0. The monoisotopic (exact) mass is 234 g/mol. The highest BCUT2D eigenvalue weighted by Crippen LogP contribution is 2.26. The third-order valence-electron chi connectivity index (χ3n) is 3.50. The van der Waals surface area contributed by atoms with E-state index in [0.29, 0.717) is 11.5 Å². The second-order valence-corrected chi connectivity index (χ2v) is 4.76. The van der Waals surface area contributed by atoms with E-state index in [9.17, 15) is 4.79 Å². The number of carboxylic acids is 1.